The fourth-order valence-corrected chi connectivity index (χ4v) is 11.9. The average Bonchev–Trinajstić information content (AvgIpc) is 3.96. The fourth-order valence-electron chi connectivity index (χ4n) is 10.7. The van der Waals surface area contributed by atoms with Gasteiger partial charge in [0.1, 0.15) is 0 Å². The van der Waals surface area contributed by atoms with Crippen molar-refractivity contribution in [2.75, 3.05) is 4.90 Å². The Morgan fingerprint density at radius 2 is 0.902 bits per heavy atom. The van der Waals surface area contributed by atoms with Crippen LogP contribution < -0.4 is 4.90 Å². The summed E-state index contributed by atoms with van der Waals surface area (Å²) in [4.78, 5) is 2.46. The molecular formula is C59H37NS. The summed E-state index contributed by atoms with van der Waals surface area (Å²) in [6.45, 7) is 0. The number of hydrogen-bond donors (Lipinski definition) is 0. The summed E-state index contributed by atoms with van der Waals surface area (Å²) in [6.07, 6.45) is 0. The van der Waals surface area contributed by atoms with Gasteiger partial charge in [0.25, 0.3) is 0 Å². The van der Waals surface area contributed by atoms with Crippen molar-refractivity contribution >= 4 is 59.3 Å². The van der Waals surface area contributed by atoms with Crippen molar-refractivity contribution in [1.29, 1.82) is 0 Å². The van der Waals surface area contributed by atoms with Crippen LogP contribution in [0, 0.1) is 0 Å². The molecule has 0 amide bonds. The molecule has 0 aliphatic heterocycles. The van der Waals surface area contributed by atoms with Gasteiger partial charge in [0.05, 0.1) is 11.1 Å². The smallest absolute Gasteiger partial charge is 0.0725 e. The Labute approximate surface area is 359 Å². The van der Waals surface area contributed by atoms with Crippen LogP contribution in [0.4, 0.5) is 17.1 Å². The maximum atomic E-state index is 2.46. The summed E-state index contributed by atoms with van der Waals surface area (Å²) in [7, 11) is 0. The van der Waals surface area contributed by atoms with E-state index < -0.39 is 5.41 Å². The molecule has 0 N–H and O–H groups in total. The van der Waals surface area contributed by atoms with Gasteiger partial charge in [-0.15, -0.1) is 11.3 Å². The Bertz CT molecular complexity index is 3560. The van der Waals surface area contributed by atoms with E-state index >= 15 is 0 Å². The van der Waals surface area contributed by atoms with Crippen LogP contribution in [0.1, 0.15) is 22.3 Å². The minimum absolute atomic E-state index is 0.441. The highest BCUT2D eigenvalue weighted by Crippen LogP contribution is 2.63. The summed E-state index contributed by atoms with van der Waals surface area (Å²) in [5, 5.41) is 5.14. The second-order valence-corrected chi connectivity index (χ2v) is 17.4. The molecule has 284 valence electrons. The highest BCUT2D eigenvalue weighted by Gasteiger charge is 2.51. The maximum Gasteiger partial charge on any atom is 0.0725 e. The molecule has 13 rings (SSSR count). The molecular weight excluding hydrogens is 755 g/mol. The molecule has 11 aromatic rings. The first-order chi connectivity index (χ1) is 30.3. The Kier molecular flexibility index (Phi) is 7.46. The molecule has 0 bridgehead atoms. The summed E-state index contributed by atoms with van der Waals surface area (Å²) < 4.78 is 2.62. The zero-order chi connectivity index (χ0) is 40.1. The van der Waals surface area contributed by atoms with Gasteiger partial charge in [-0.2, -0.15) is 0 Å². The van der Waals surface area contributed by atoms with Crippen molar-refractivity contribution in [2.45, 2.75) is 5.41 Å². The van der Waals surface area contributed by atoms with Crippen LogP contribution in [0.5, 0.6) is 0 Å². The van der Waals surface area contributed by atoms with Crippen LogP contribution in [0.15, 0.2) is 224 Å². The van der Waals surface area contributed by atoms with Crippen LogP contribution in [0.2, 0.25) is 0 Å². The zero-order valence-electron chi connectivity index (χ0n) is 33.2. The molecule has 2 heteroatoms. The van der Waals surface area contributed by atoms with E-state index in [9.17, 15) is 0 Å². The lowest BCUT2D eigenvalue weighted by Crippen LogP contribution is -2.25. The summed E-state index contributed by atoms with van der Waals surface area (Å²) in [6, 6.07) is 83.6. The molecule has 1 spiro atoms. The highest BCUT2D eigenvalue weighted by atomic mass is 32.1. The number of rotatable bonds is 5. The number of nitrogens with zero attached hydrogens (tertiary/aromatic N) is 1. The quantitative estimate of drug-likeness (QED) is 0.168. The third-order valence-corrected chi connectivity index (χ3v) is 14.4. The van der Waals surface area contributed by atoms with Crippen molar-refractivity contribution < 1.29 is 0 Å². The molecule has 2 aliphatic carbocycles. The van der Waals surface area contributed by atoms with Crippen molar-refractivity contribution in [3.63, 3.8) is 0 Å². The normalized spacial score (nSPS) is 14.6. The number of fused-ring (bicyclic) bond motifs is 14. The largest absolute Gasteiger partial charge is 0.310 e. The van der Waals surface area contributed by atoms with E-state index in [1.54, 1.807) is 0 Å². The van der Waals surface area contributed by atoms with Gasteiger partial charge in [0.2, 0.25) is 0 Å². The van der Waals surface area contributed by atoms with Gasteiger partial charge < -0.3 is 4.90 Å². The predicted molar refractivity (Wildman–Crippen MR) is 259 cm³/mol. The van der Waals surface area contributed by atoms with Gasteiger partial charge in [-0.1, -0.05) is 170 Å². The first-order valence-corrected chi connectivity index (χ1v) is 21.9. The highest BCUT2D eigenvalue weighted by molar-refractivity contribution is 7.25. The predicted octanol–water partition coefficient (Wildman–Crippen LogP) is 16.4. The second kappa shape index (κ2) is 13.2. The van der Waals surface area contributed by atoms with Crippen LogP contribution in [-0.2, 0) is 5.41 Å². The molecule has 0 fully saturated rings. The third kappa shape index (κ3) is 4.94. The molecule has 0 radical (unpaired) electrons. The Hall–Kier alpha value is -7.52. The van der Waals surface area contributed by atoms with Gasteiger partial charge in [-0.05, 0) is 127 Å². The first-order valence-electron chi connectivity index (χ1n) is 21.1. The minimum Gasteiger partial charge on any atom is -0.310 e. The molecule has 61 heavy (non-hydrogen) atoms. The van der Waals surface area contributed by atoms with Gasteiger partial charge in [-0.3, -0.25) is 0 Å². The van der Waals surface area contributed by atoms with E-state index in [0.717, 1.165) is 17.1 Å². The summed E-state index contributed by atoms with van der Waals surface area (Å²) >= 11 is 1.87. The van der Waals surface area contributed by atoms with Crippen molar-refractivity contribution in [3.05, 3.63) is 247 Å². The van der Waals surface area contributed by atoms with Crippen LogP contribution in [0.25, 0.3) is 75.5 Å². The summed E-state index contributed by atoms with van der Waals surface area (Å²) in [5.74, 6) is 0. The van der Waals surface area contributed by atoms with E-state index in [2.05, 4.69) is 229 Å². The van der Waals surface area contributed by atoms with Crippen molar-refractivity contribution in [1.82, 2.24) is 0 Å². The van der Waals surface area contributed by atoms with E-state index in [0.29, 0.717) is 0 Å². The lowest BCUT2D eigenvalue weighted by Gasteiger charge is -2.31. The first kappa shape index (κ1) is 34.4. The molecule has 1 atom stereocenters. The second-order valence-electron chi connectivity index (χ2n) is 16.4. The molecule has 10 aromatic carbocycles. The maximum absolute atomic E-state index is 2.46. The molecule has 0 saturated carbocycles. The molecule has 0 saturated heterocycles. The van der Waals surface area contributed by atoms with E-state index in [-0.39, 0.29) is 0 Å². The van der Waals surface area contributed by atoms with Gasteiger partial charge in [0, 0.05) is 37.1 Å². The average molecular weight is 792 g/mol. The third-order valence-electron chi connectivity index (χ3n) is 13.3. The van der Waals surface area contributed by atoms with E-state index in [1.807, 2.05) is 11.3 Å². The van der Waals surface area contributed by atoms with Gasteiger partial charge in [0.15, 0.2) is 0 Å². The topological polar surface area (TPSA) is 3.24 Å². The number of anilines is 3. The van der Waals surface area contributed by atoms with E-state index in [4.69, 9.17) is 0 Å². The number of hydrogen-bond acceptors (Lipinski definition) is 2. The molecule has 1 heterocycles. The van der Waals surface area contributed by atoms with Crippen molar-refractivity contribution in [2.24, 2.45) is 0 Å². The molecule has 1 nitrogen and oxygen atoms in total. The standard InChI is InChI=1S/C59H37NS/c1-2-17-42(18-3-1)60(55-26-12-8-21-46(55)47-23-14-28-57-58(47)48-22-9-13-27-56(48)61-57)43-32-34-54-50(37-43)45-20-7-11-25-52(45)59(54)51-24-10-6-19-44(51)49-36-41(31-33-53(49)59)40-30-29-38-15-4-5-16-39(38)35-40/h1-37H. The zero-order valence-corrected chi connectivity index (χ0v) is 34.0. The number of thiophene rings is 1. The Balaban J connectivity index is 1.02. The van der Waals surface area contributed by atoms with E-state index in [1.165, 1.54) is 97.7 Å². The lowest BCUT2D eigenvalue weighted by atomic mass is 9.70. The Morgan fingerprint density at radius 1 is 0.328 bits per heavy atom. The summed E-state index contributed by atoms with van der Waals surface area (Å²) in [5.41, 5.74) is 18.4. The van der Waals surface area contributed by atoms with Gasteiger partial charge >= 0.3 is 0 Å². The Morgan fingerprint density at radius 3 is 1.72 bits per heavy atom. The lowest BCUT2D eigenvalue weighted by molar-refractivity contribution is 0.794. The SMILES string of the molecule is c1ccc(N(c2ccc3c(c2)-c2ccccc2C32c3ccccc3-c3cc(-c4ccc5ccccc5c4)ccc32)c2ccccc2-c2cccc3sc4ccccc4c23)cc1. The van der Waals surface area contributed by atoms with Gasteiger partial charge in [-0.25, -0.2) is 0 Å². The molecule has 1 aromatic heterocycles. The van der Waals surface area contributed by atoms with Crippen LogP contribution in [0.3, 0.4) is 0 Å². The minimum atomic E-state index is -0.441. The van der Waals surface area contributed by atoms with Crippen LogP contribution in [-0.4, -0.2) is 0 Å². The van der Waals surface area contributed by atoms with Crippen molar-refractivity contribution in [3.8, 4) is 44.5 Å². The fraction of sp³-hybridized carbons (Fsp3) is 0.0169. The van der Waals surface area contributed by atoms with Crippen LogP contribution >= 0.6 is 11.3 Å². The number of para-hydroxylation sites is 2. The molecule has 2 aliphatic rings. The monoisotopic (exact) mass is 791 g/mol. The molecule has 1 unspecified atom stereocenters. The number of benzene rings is 10.